The van der Waals surface area contributed by atoms with Crippen LogP contribution in [0, 0.1) is 11.3 Å². The van der Waals surface area contributed by atoms with Gasteiger partial charge in [0, 0.05) is 35.3 Å². The first-order valence-electron chi connectivity index (χ1n) is 11.1. The maximum Gasteiger partial charge on any atom is 0.248 e. The van der Waals surface area contributed by atoms with Crippen LogP contribution in [-0.4, -0.2) is 40.6 Å². The third kappa shape index (κ3) is 5.39. The lowest BCUT2D eigenvalue weighted by Crippen LogP contribution is -2.20. The summed E-state index contributed by atoms with van der Waals surface area (Å²) in [5, 5.41) is 17.8. The highest BCUT2D eigenvalue weighted by atomic mass is 35.5. The van der Waals surface area contributed by atoms with Crippen molar-refractivity contribution in [2.75, 3.05) is 12.1 Å². The average molecular weight is 550 g/mol. The number of nitriles is 1. The van der Waals surface area contributed by atoms with Gasteiger partial charge in [-0.3, -0.25) is 4.98 Å². The average Bonchev–Trinajstić information content (AvgIpc) is 3.55. The number of aromatic nitrogens is 3. The molecule has 3 heterocycles. The Labute approximate surface area is 223 Å². The molecule has 1 fully saturated rings. The van der Waals surface area contributed by atoms with Gasteiger partial charge in [-0.2, -0.15) is 5.26 Å². The molecule has 11 heteroatoms. The van der Waals surface area contributed by atoms with Gasteiger partial charge in [0.25, 0.3) is 0 Å². The summed E-state index contributed by atoms with van der Waals surface area (Å²) in [6.45, 7) is 0. The Morgan fingerprint density at radius 2 is 1.92 bits per heavy atom. The molecule has 2 atom stereocenters. The molecule has 2 aromatic carbocycles. The van der Waals surface area contributed by atoms with Crippen LogP contribution in [0.2, 0.25) is 5.02 Å². The first-order chi connectivity index (χ1) is 17.8. The SMILES string of the molecule is CS(=O)(=O)c1ccc(C2SCN(/C=C/c3nnc(-c4ccc(C#N)cc4)o3)C2c2ccccc2Cl)nc1. The van der Waals surface area contributed by atoms with Crippen LogP contribution in [0.1, 0.15) is 34.0 Å². The second-order valence-corrected chi connectivity index (χ2v) is 11.9. The summed E-state index contributed by atoms with van der Waals surface area (Å²) in [6.07, 6.45) is 6.20. The van der Waals surface area contributed by atoms with Gasteiger partial charge in [0.05, 0.1) is 39.4 Å². The van der Waals surface area contributed by atoms with Gasteiger partial charge in [-0.05, 0) is 48.0 Å². The molecule has 186 valence electrons. The lowest BCUT2D eigenvalue weighted by atomic mass is 10.00. The Balaban J connectivity index is 1.43. The first-order valence-corrected chi connectivity index (χ1v) is 14.5. The summed E-state index contributed by atoms with van der Waals surface area (Å²) in [7, 11) is -3.34. The van der Waals surface area contributed by atoms with Crippen LogP contribution in [0.25, 0.3) is 17.5 Å². The molecule has 2 unspecified atom stereocenters. The van der Waals surface area contributed by atoms with Crippen LogP contribution in [0.5, 0.6) is 0 Å². The summed E-state index contributed by atoms with van der Waals surface area (Å²) in [5.41, 5.74) is 2.97. The molecular formula is C26H20ClN5O3S2. The van der Waals surface area contributed by atoms with E-state index in [4.69, 9.17) is 21.3 Å². The van der Waals surface area contributed by atoms with Crippen LogP contribution < -0.4 is 0 Å². The van der Waals surface area contributed by atoms with E-state index in [1.54, 1.807) is 54.2 Å². The third-order valence-corrected chi connectivity index (χ3v) is 8.61. The molecule has 8 nitrogen and oxygen atoms in total. The molecule has 37 heavy (non-hydrogen) atoms. The minimum absolute atomic E-state index is 0.0879. The fourth-order valence-electron chi connectivity index (χ4n) is 4.00. The van der Waals surface area contributed by atoms with Crippen LogP contribution in [0.3, 0.4) is 0 Å². The van der Waals surface area contributed by atoms with E-state index in [0.29, 0.717) is 28.2 Å². The van der Waals surface area contributed by atoms with Crippen molar-refractivity contribution in [3.63, 3.8) is 0 Å². The first kappa shape index (κ1) is 25.0. The Morgan fingerprint density at radius 1 is 1.14 bits per heavy atom. The standard InChI is InChI=1S/C26H20ClN5O3S2/c1-37(33,34)19-10-11-22(29-15-19)25-24(20-4-2-3-5-21(20)27)32(16-36-25)13-12-23-30-31-26(35-23)18-8-6-17(14-28)7-9-18/h2-13,15,24-25H,16H2,1H3/b13-12+. The van der Waals surface area contributed by atoms with Crippen molar-refractivity contribution in [1.82, 2.24) is 20.1 Å². The normalized spacial score (nSPS) is 17.8. The van der Waals surface area contributed by atoms with Crippen molar-refractivity contribution in [2.45, 2.75) is 16.2 Å². The van der Waals surface area contributed by atoms with Crippen molar-refractivity contribution >= 4 is 39.3 Å². The highest BCUT2D eigenvalue weighted by Gasteiger charge is 2.37. The summed E-state index contributed by atoms with van der Waals surface area (Å²) in [4.78, 5) is 6.78. The highest BCUT2D eigenvalue weighted by Crippen LogP contribution is 2.51. The largest absolute Gasteiger partial charge is 0.417 e. The number of pyridine rings is 1. The lowest BCUT2D eigenvalue weighted by molar-refractivity contribution is 0.341. The highest BCUT2D eigenvalue weighted by molar-refractivity contribution is 7.99. The zero-order valence-corrected chi connectivity index (χ0v) is 21.9. The number of thioether (sulfide) groups is 1. The maximum absolute atomic E-state index is 11.9. The van der Waals surface area contributed by atoms with Crippen molar-refractivity contribution in [3.8, 4) is 17.5 Å². The fourth-order valence-corrected chi connectivity index (χ4v) is 6.18. The monoisotopic (exact) mass is 549 g/mol. The van der Waals surface area contributed by atoms with Crippen LogP contribution >= 0.6 is 23.4 Å². The van der Waals surface area contributed by atoms with E-state index < -0.39 is 9.84 Å². The predicted octanol–water partition coefficient (Wildman–Crippen LogP) is 5.52. The minimum atomic E-state index is -3.34. The van der Waals surface area contributed by atoms with Gasteiger partial charge in [0.2, 0.25) is 11.8 Å². The predicted molar refractivity (Wildman–Crippen MR) is 142 cm³/mol. The molecule has 1 aliphatic heterocycles. The number of halogens is 1. The van der Waals surface area contributed by atoms with Crippen LogP contribution in [-0.2, 0) is 9.84 Å². The topological polar surface area (TPSA) is 113 Å². The zero-order chi connectivity index (χ0) is 26.0. The third-order valence-electron chi connectivity index (χ3n) is 5.86. The quantitative estimate of drug-likeness (QED) is 0.306. The van der Waals surface area contributed by atoms with E-state index in [-0.39, 0.29) is 16.2 Å². The summed E-state index contributed by atoms with van der Waals surface area (Å²) in [6, 6.07) is 19.8. The molecule has 4 aromatic rings. The molecule has 0 aliphatic carbocycles. The van der Waals surface area contributed by atoms with Gasteiger partial charge >= 0.3 is 0 Å². The Morgan fingerprint density at radius 3 is 2.59 bits per heavy atom. The van der Waals surface area contributed by atoms with E-state index in [1.165, 1.54) is 6.20 Å². The molecule has 0 amide bonds. The molecule has 2 aromatic heterocycles. The molecule has 0 radical (unpaired) electrons. The molecule has 5 rings (SSSR count). The van der Waals surface area contributed by atoms with Crippen LogP contribution in [0.4, 0.5) is 0 Å². The molecular weight excluding hydrogens is 530 g/mol. The van der Waals surface area contributed by atoms with E-state index in [2.05, 4.69) is 26.2 Å². The molecule has 0 saturated carbocycles. The zero-order valence-electron chi connectivity index (χ0n) is 19.5. The van der Waals surface area contributed by atoms with Gasteiger partial charge in [-0.1, -0.05) is 29.8 Å². The van der Waals surface area contributed by atoms with E-state index in [9.17, 15) is 8.42 Å². The number of rotatable bonds is 6. The Hall–Kier alpha value is -3.65. The Bertz CT molecular complexity index is 1600. The second-order valence-electron chi connectivity index (χ2n) is 8.34. The summed E-state index contributed by atoms with van der Waals surface area (Å²) >= 11 is 8.28. The minimum Gasteiger partial charge on any atom is -0.417 e. The number of benzene rings is 2. The van der Waals surface area contributed by atoms with Gasteiger partial charge in [-0.25, -0.2) is 8.42 Å². The Kier molecular flexibility index (Phi) is 7.02. The van der Waals surface area contributed by atoms with Gasteiger partial charge in [-0.15, -0.1) is 22.0 Å². The van der Waals surface area contributed by atoms with Gasteiger partial charge < -0.3 is 9.32 Å². The van der Waals surface area contributed by atoms with Crippen LogP contribution in [0.15, 0.2) is 82.4 Å². The molecule has 0 bridgehead atoms. The maximum atomic E-state index is 11.9. The van der Waals surface area contributed by atoms with Crippen molar-refractivity contribution < 1.29 is 12.8 Å². The number of hydrogen-bond donors (Lipinski definition) is 0. The van der Waals surface area contributed by atoms with E-state index >= 15 is 0 Å². The lowest BCUT2D eigenvalue weighted by Gasteiger charge is -2.27. The van der Waals surface area contributed by atoms with Crippen molar-refractivity contribution in [2.24, 2.45) is 0 Å². The van der Waals surface area contributed by atoms with Gasteiger partial charge in [0.15, 0.2) is 9.84 Å². The smallest absolute Gasteiger partial charge is 0.248 e. The molecule has 0 spiro atoms. The number of nitrogens with zero attached hydrogens (tertiary/aromatic N) is 5. The summed E-state index contributed by atoms with van der Waals surface area (Å²) < 4.78 is 29.6. The van der Waals surface area contributed by atoms with E-state index in [0.717, 1.165) is 23.1 Å². The fraction of sp³-hybridized carbons (Fsp3) is 0.154. The van der Waals surface area contributed by atoms with Gasteiger partial charge in [0.1, 0.15) is 0 Å². The van der Waals surface area contributed by atoms with Crippen molar-refractivity contribution in [1.29, 1.82) is 5.26 Å². The van der Waals surface area contributed by atoms with E-state index in [1.807, 2.05) is 30.5 Å². The molecule has 0 N–H and O–H groups in total. The summed E-state index contributed by atoms with van der Waals surface area (Å²) in [5.74, 6) is 1.33. The number of sulfone groups is 1. The number of hydrogen-bond acceptors (Lipinski definition) is 9. The molecule has 1 saturated heterocycles. The second kappa shape index (κ2) is 10.4. The molecule has 1 aliphatic rings. The van der Waals surface area contributed by atoms with Crippen molar-refractivity contribution in [3.05, 3.63) is 101 Å².